The summed E-state index contributed by atoms with van der Waals surface area (Å²) < 4.78 is 1.50. The molecule has 22 heavy (non-hydrogen) atoms. The number of carboxylic acid groups (broad SMARTS) is 1. The van der Waals surface area contributed by atoms with Crippen molar-refractivity contribution < 1.29 is 14.7 Å². The van der Waals surface area contributed by atoms with Crippen LogP contribution in [0.5, 0.6) is 0 Å². The van der Waals surface area contributed by atoms with Gasteiger partial charge in [0.2, 0.25) is 5.91 Å². The summed E-state index contributed by atoms with van der Waals surface area (Å²) in [7, 11) is 0. The molecule has 6 heteroatoms. The molecule has 1 aliphatic carbocycles. The number of fused-ring (bicyclic) bond motifs is 1. The van der Waals surface area contributed by atoms with E-state index < -0.39 is 5.97 Å². The highest BCUT2D eigenvalue weighted by atomic mass is 16.4. The smallest absolute Gasteiger partial charge is 0.358 e. The fourth-order valence-corrected chi connectivity index (χ4v) is 2.81. The molecular weight excluding hydrogens is 282 g/mol. The summed E-state index contributed by atoms with van der Waals surface area (Å²) >= 11 is 0. The van der Waals surface area contributed by atoms with Crippen LogP contribution in [0.3, 0.4) is 0 Å². The number of nitrogens with one attached hydrogen (secondary N) is 1. The zero-order valence-corrected chi connectivity index (χ0v) is 12.2. The lowest BCUT2D eigenvalue weighted by Gasteiger charge is -2.09. The number of rotatable bonds is 4. The molecule has 0 saturated carbocycles. The Morgan fingerprint density at radius 2 is 1.95 bits per heavy atom. The molecule has 0 bridgehead atoms. The lowest BCUT2D eigenvalue weighted by molar-refractivity contribution is -0.119. The molecular formula is C16H17N3O3. The van der Waals surface area contributed by atoms with Crippen LogP contribution in [0.25, 0.3) is 0 Å². The van der Waals surface area contributed by atoms with Gasteiger partial charge in [0.25, 0.3) is 0 Å². The van der Waals surface area contributed by atoms with E-state index in [0.29, 0.717) is 19.4 Å². The Kier molecular flexibility index (Phi) is 3.66. The van der Waals surface area contributed by atoms with Crippen LogP contribution in [0.1, 0.15) is 28.5 Å². The van der Waals surface area contributed by atoms with Gasteiger partial charge in [0.1, 0.15) is 0 Å². The predicted molar refractivity (Wildman–Crippen MR) is 80.8 cm³/mol. The van der Waals surface area contributed by atoms with E-state index in [1.807, 2.05) is 31.2 Å². The average molecular weight is 299 g/mol. The lowest BCUT2D eigenvalue weighted by atomic mass is 10.1. The molecule has 0 saturated heterocycles. The number of aromatic carboxylic acids is 1. The third-order valence-electron chi connectivity index (χ3n) is 3.97. The second-order valence-electron chi connectivity index (χ2n) is 5.42. The number of carbonyl (C=O) groups excluding carboxylic acids is 1. The average Bonchev–Trinajstić information content (AvgIpc) is 3.10. The molecule has 2 N–H and O–H groups in total. The first kappa shape index (κ1) is 14.3. The molecule has 1 heterocycles. The largest absolute Gasteiger partial charge is 0.476 e. The van der Waals surface area contributed by atoms with Crippen molar-refractivity contribution in [3.8, 4) is 0 Å². The van der Waals surface area contributed by atoms with Gasteiger partial charge in [-0.05, 0) is 30.9 Å². The first-order valence-corrected chi connectivity index (χ1v) is 7.27. The van der Waals surface area contributed by atoms with E-state index >= 15 is 0 Å². The lowest BCUT2D eigenvalue weighted by Crippen LogP contribution is -2.23. The van der Waals surface area contributed by atoms with Crippen molar-refractivity contribution in [1.29, 1.82) is 0 Å². The van der Waals surface area contributed by atoms with Crippen molar-refractivity contribution in [1.82, 2.24) is 9.78 Å². The van der Waals surface area contributed by atoms with E-state index in [0.717, 1.165) is 0 Å². The number of benzene rings is 1. The van der Waals surface area contributed by atoms with Gasteiger partial charge in [0.05, 0.1) is 5.69 Å². The summed E-state index contributed by atoms with van der Waals surface area (Å²) in [6, 6.07) is 7.99. The Hall–Kier alpha value is -2.63. The molecule has 1 aliphatic rings. The SMILES string of the molecule is CCn1cc(NC(=O)C2Cc3ccccc3C2)c(C(=O)O)n1. The van der Waals surface area contributed by atoms with Gasteiger partial charge in [-0.2, -0.15) is 5.10 Å². The first-order chi connectivity index (χ1) is 10.6. The fraction of sp³-hybridized carbons (Fsp3) is 0.312. The van der Waals surface area contributed by atoms with Crippen LogP contribution >= 0.6 is 0 Å². The Bertz CT molecular complexity index is 711. The van der Waals surface area contributed by atoms with Gasteiger partial charge < -0.3 is 10.4 Å². The van der Waals surface area contributed by atoms with Gasteiger partial charge in [-0.1, -0.05) is 24.3 Å². The standard InChI is InChI=1S/C16H17N3O3/c1-2-19-9-13(14(18-19)16(21)22)17-15(20)12-7-10-5-3-4-6-11(10)8-12/h3-6,9,12H,2,7-8H2,1H3,(H,17,20)(H,21,22). The van der Waals surface area contributed by atoms with Crippen LogP contribution in [0.15, 0.2) is 30.5 Å². The van der Waals surface area contributed by atoms with Crippen LogP contribution < -0.4 is 5.32 Å². The number of carbonyl (C=O) groups is 2. The molecule has 114 valence electrons. The number of aromatic nitrogens is 2. The van der Waals surface area contributed by atoms with Gasteiger partial charge in [-0.25, -0.2) is 4.79 Å². The minimum atomic E-state index is -1.14. The second-order valence-corrected chi connectivity index (χ2v) is 5.42. The van der Waals surface area contributed by atoms with Gasteiger partial charge >= 0.3 is 5.97 Å². The van der Waals surface area contributed by atoms with E-state index in [2.05, 4.69) is 10.4 Å². The summed E-state index contributed by atoms with van der Waals surface area (Å²) in [6.07, 6.45) is 2.93. The number of hydrogen-bond acceptors (Lipinski definition) is 3. The predicted octanol–water partition coefficient (Wildman–Crippen LogP) is 1.95. The fourth-order valence-electron chi connectivity index (χ4n) is 2.81. The van der Waals surface area contributed by atoms with Crippen molar-refractivity contribution in [3.63, 3.8) is 0 Å². The Balaban J connectivity index is 1.76. The second kappa shape index (κ2) is 5.63. The summed E-state index contributed by atoms with van der Waals surface area (Å²) in [6.45, 7) is 2.41. The Labute approximate surface area is 127 Å². The molecule has 2 aromatic rings. The van der Waals surface area contributed by atoms with Gasteiger partial charge in [-0.3, -0.25) is 9.48 Å². The van der Waals surface area contributed by atoms with Crippen molar-refractivity contribution in [2.45, 2.75) is 26.3 Å². The minimum Gasteiger partial charge on any atom is -0.476 e. The third kappa shape index (κ3) is 2.59. The molecule has 6 nitrogen and oxygen atoms in total. The molecule has 1 amide bonds. The monoisotopic (exact) mass is 299 g/mol. The molecule has 0 fully saturated rings. The van der Waals surface area contributed by atoms with Gasteiger partial charge in [-0.15, -0.1) is 0 Å². The van der Waals surface area contributed by atoms with E-state index in [4.69, 9.17) is 5.11 Å². The topological polar surface area (TPSA) is 84.2 Å². The van der Waals surface area contributed by atoms with Crippen molar-refractivity contribution in [2.75, 3.05) is 5.32 Å². The van der Waals surface area contributed by atoms with Crippen LogP contribution in [-0.4, -0.2) is 26.8 Å². The van der Waals surface area contributed by atoms with Crippen molar-refractivity contribution >= 4 is 17.6 Å². The Morgan fingerprint density at radius 1 is 1.32 bits per heavy atom. The molecule has 0 spiro atoms. The molecule has 0 unspecified atom stereocenters. The number of carboxylic acids is 1. The maximum atomic E-state index is 12.4. The van der Waals surface area contributed by atoms with E-state index in [9.17, 15) is 9.59 Å². The maximum Gasteiger partial charge on any atom is 0.358 e. The maximum absolute atomic E-state index is 12.4. The first-order valence-electron chi connectivity index (χ1n) is 7.27. The van der Waals surface area contributed by atoms with Crippen molar-refractivity contribution in [2.24, 2.45) is 5.92 Å². The third-order valence-corrected chi connectivity index (χ3v) is 3.97. The summed E-state index contributed by atoms with van der Waals surface area (Å²) in [5.74, 6) is -1.46. The highest BCUT2D eigenvalue weighted by Gasteiger charge is 2.28. The Morgan fingerprint density at radius 3 is 2.50 bits per heavy atom. The summed E-state index contributed by atoms with van der Waals surface area (Å²) in [5, 5.41) is 15.8. The summed E-state index contributed by atoms with van der Waals surface area (Å²) in [5.41, 5.74) is 2.51. The number of amides is 1. The van der Waals surface area contributed by atoms with Crippen LogP contribution in [0, 0.1) is 5.92 Å². The molecule has 0 atom stereocenters. The van der Waals surface area contributed by atoms with E-state index in [-0.39, 0.29) is 23.2 Å². The van der Waals surface area contributed by atoms with Crippen LogP contribution in [0.4, 0.5) is 5.69 Å². The number of aryl methyl sites for hydroxylation is 1. The van der Waals surface area contributed by atoms with Gasteiger partial charge in [0, 0.05) is 18.7 Å². The molecule has 3 rings (SSSR count). The van der Waals surface area contributed by atoms with Crippen molar-refractivity contribution in [3.05, 3.63) is 47.3 Å². The zero-order valence-electron chi connectivity index (χ0n) is 12.2. The molecule has 0 radical (unpaired) electrons. The summed E-state index contributed by atoms with van der Waals surface area (Å²) in [4.78, 5) is 23.6. The molecule has 1 aromatic carbocycles. The van der Waals surface area contributed by atoms with Crippen LogP contribution in [-0.2, 0) is 24.2 Å². The number of anilines is 1. The zero-order chi connectivity index (χ0) is 15.7. The minimum absolute atomic E-state index is 0.120. The quantitative estimate of drug-likeness (QED) is 0.903. The highest BCUT2D eigenvalue weighted by Crippen LogP contribution is 2.27. The molecule has 0 aliphatic heterocycles. The molecule has 1 aromatic heterocycles. The van der Waals surface area contributed by atoms with Crippen LogP contribution in [0.2, 0.25) is 0 Å². The van der Waals surface area contributed by atoms with E-state index in [1.54, 1.807) is 6.20 Å². The van der Waals surface area contributed by atoms with Gasteiger partial charge in [0.15, 0.2) is 5.69 Å². The van der Waals surface area contributed by atoms with E-state index in [1.165, 1.54) is 15.8 Å². The highest BCUT2D eigenvalue weighted by molar-refractivity contribution is 6.00. The normalized spacial score (nSPS) is 13.9. The number of nitrogens with zero attached hydrogens (tertiary/aromatic N) is 2. The number of hydrogen-bond donors (Lipinski definition) is 2.